The quantitative estimate of drug-likeness (QED) is 0.288. The third kappa shape index (κ3) is 7.22. The van der Waals surface area contributed by atoms with E-state index in [-0.39, 0.29) is 24.0 Å². The third-order valence-electron chi connectivity index (χ3n) is 3.66. The van der Waals surface area contributed by atoms with Crippen LogP contribution >= 0.6 is 24.0 Å². The van der Waals surface area contributed by atoms with Crippen LogP contribution in [0.3, 0.4) is 0 Å². The van der Waals surface area contributed by atoms with Gasteiger partial charge < -0.3 is 10.6 Å². The van der Waals surface area contributed by atoms with E-state index in [1.165, 1.54) is 17.7 Å². The first-order valence-corrected chi connectivity index (χ1v) is 7.96. The molecule has 0 aliphatic heterocycles. The van der Waals surface area contributed by atoms with Crippen molar-refractivity contribution in [3.05, 3.63) is 53.3 Å². The summed E-state index contributed by atoms with van der Waals surface area (Å²) in [4.78, 5) is 4.11. The molecule has 0 spiro atoms. The molecule has 26 heavy (non-hydrogen) atoms. The van der Waals surface area contributed by atoms with E-state index >= 15 is 0 Å². The molecule has 144 valence electrons. The van der Waals surface area contributed by atoms with Crippen molar-refractivity contribution in [2.75, 3.05) is 13.6 Å². The molecule has 0 fully saturated rings. The van der Waals surface area contributed by atoms with Crippen molar-refractivity contribution in [3.63, 3.8) is 0 Å². The van der Waals surface area contributed by atoms with Crippen molar-refractivity contribution in [2.24, 2.45) is 12.0 Å². The zero-order valence-corrected chi connectivity index (χ0v) is 17.0. The molecule has 0 amide bonds. The lowest BCUT2D eigenvalue weighted by atomic mass is 10.1. The Morgan fingerprint density at radius 1 is 1.15 bits per heavy atom. The zero-order valence-electron chi connectivity index (χ0n) is 14.7. The summed E-state index contributed by atoms with van der Waals surface area (Å²) >= 11 is 0. The van der Waals surface area contributed by atoms with Gasteiger partial charge in [-0.05, 0) is 36.1 Å². The van der Waals surface area contributed by atoms with Gasteiger partial charge in [0, 0.05) is 33.4 Å². The first-order valence-electron chi connectivity index (χ1n) is 7.96. The van der Waals surface area contributed by atoms with Crippen LogP contribution in [-0.2, 0) is 26.2 Å². The van der Waals surface area contributed by atoms with E-state index in [4.69, 9.17) is 0 Å². The van der Waals surface area contributed by atoms with Gasteiger partial charge >= 0.3 is 6.18 Å². The van der Waals surface area contributed by atoms with E-state index in [1.807, 2.05) is 19.4 Å². The molecule has 5 nitrogen and oxygen atoms in total. The molecular weight excluding hydrogens is 458 g/mol. The Morgan fingerprint density at radius 3 is 2.38 bits per heavy atom. The van der Waals surface area contributed by atoms with Crippen LogP contribution < -0.4 is 10.6 Å². The van der Waals surface area contributed by atoms with Crippen molar-refractivity contribution in [3.8, 4) is 0 Å². The average molecular weight is 481 g/mol. The molecular formula is C17H23F3IN5. The average Bonchev–Trinajstić information content (AvgIpc) is 2.99. The molecule has 1 aromatic carbocycles. The summed E-state index contributed by atoms with van der Waals surface area (Å²) in [5, 5.41) is 10.4. The maximum absolute atomic E-state index is 12.5. The van der Waals surface area contributed by atoms with Crippen LogP contribution in [0.2, 0.25) is 0 Å². The Morgan fingerprint density at radius 2 is 1.85 bits per heavy atom. The summed E-state index contributed by atoms with van der Waals surface area (Å²) in [6, 6.07) is 5.10. The number of nitrogens with one attached hydrogen (secondary N) is 2. The molecule has 0 aliphatic rings. The van der Waals surface area contributed by atoms with Gasteiger partial charge in [-0.15, -0.1) is 24.0 Å². The van der Waals surface area contributed by atoms with Crippen molar-refractivity contribution in [1.29, 1.82) is 0 Å². The minimum Gasteiger partial charge on any atom is -0.356 e. The minimum atomic E-state index is -4.31. The summed E-state index contributed by atoms with van der Waals surface area (Å²) in [7, 11) is 3.54. The predicted molar refractivity (Wildman–Crippen MR) is 107 cm³/mol. The number of benzene rings is 1. The van der Waals surface area contributed by atoms with E-state index in [0.717, 1.165) is 37.1 Å². The molecule has 2 aromatic rings. The fourth-order valence-corrected chi connectivity index (χ4v) is 2.32. The molecule has 0 radical (unpaired) electrons. The first-order chi connectivity index (χ1) is 11.9. The molecule has 0 bridgehead atoms. The van der Waals surface area contributed by atoms with Crippen LogP contribution in [0.15, 0.2) is 41.7 Å². The number of rotatable bonds is 6. The number of aromatic nitrogens is 2. The second-order valence-corrected chi connectivity index (χ2v) is 5.67. The zero-order chi connectivity index (χ0) is 18.3. The highest BCUT2D eigenvalue weighted by molar-refractivity contribution is 14.0. The maximum Gasteiger partial charge on any atom is 0.416 e. The minimum absolute atomic E-state index is 0. The molecule has 1 heterocycles. The normalized spacial score (nSPS) is 11.8. The molecule has 0 atom stereocenters. The van der Waals surface area contributed by atoms with Gasteiger partial charge in [0.25, 0.3) is 0 Å². The summed E-state index contributed by atoms with van der Waals surface area (Å²) < 4.78 is 39.4. The number of nitrogens with zero attached hydrogens (tertiary/aromatic N) is 3. The number of aryl methyl sites for hydroxylation is 2. The largest absolute Gasteiger partial charge is 0.416 e. The molecule has 2 N–H and O–H groups in total. The van der Waals surface area contributed by atoms with Crippen molar-refractivity contribution in [1.82, 2.24) is 20.4 Å². The van der Waals surface area contributed by atoms with Gasteiger partial charge in [-0.25, -0.2) is 0 Å². The SMILES string of the molecule is CN=C(NCCCc1cnn(C)c1)NCc1ccc(C(F)(F)F)cc1.I. The molecule has 0 saturated carbocycles. The van der Waals surface area contributed by atoms with Gasteiger partial charge in [-0.2, -0.15) is 18.3 Å². The van der Waals surface area contributed by atoms with E-state index < -0.39 is 11.7 Å². The highest BCUT2D eigenvalue weighted by Gasteiger charge is 2.29. The van der Waals surface area contributed by atoms with Gasteiger partial charge in [-0.1, -0.05) is 12.1 Å². The van der Waals surface area contributed by atoms with E-state index in [1.54, 1.807) is 11.7 Å². The Hall–Kier alpha value is -1.78. The standard InChI is InChI=1S/C17H22F3N5.HI/c1-21-16(22-9-3-4-14-11-24-25(2)12-14)23-10-13-5-7-15(8-6-13)17(18,19)20;/h5-8,11-12H,3-4,9-10H2,1-2H3,(H2,21,22,23);1H. The van der Waals surface area contributed by atoms with E-state index in [9.17, 15) is 13.2 Å². The van der Waals surface area contributed by atoms with Crippen LogP contribution in [-0.4, -0.2) is 29.3 Å². The third-order valence-corrected chi connectivity index (χ3v) is 3.66. The molecule has 0 aliphatic carbocycles. The number of hydrogen-bond donors (Lipinski definition) is 2. The number of guanidine groups is 1. The van der Waals surface area contributed by atoms with E-state index in [0.29, 0.717) is 12.5 Å². The Labute approximate surface area is 168 Å². The second kappa shape index (κ2) is 10.4. The van der Waals surface area contributed by atoms with Gasteiger partial charge in [0.2, 0.25) is 0 Å². The molecule has 2 rings (SSSR count). The summed E-state index contributed by atoms with van der Waals surface area (Å²) in [6.45, 7) is 1.14. The van der Waals surface area contributed by atoms with Crippen LogP contribution in [0.25, 0.3) is 0 Å². The second-order valence-electron chi connectivity index (χ2n) is 5.67. The fourth-order valence-electron chi connectivity index (χ4n) is 2.32. The van der Waals surface area contributed by atoms with Crippen LogP contribution in [0.4, 0.5) is 13.2 Å². The maximum atomic E-state index is 12.5. The van der Waals surface area contributed by atoms with Crippen LogP contribution in [0, 0.1) is 0 Å². The number of halogens is 4. The summed E-state index contributed by atoms with van der Waals surface area (Å²) in [5.41, 5.74) is 1.29. The predicted octanol–water partition coefficient (Wildman–Crippen LogP) is 3.35. The highest BCUT2D eigenvalue weighted by Crippen LogP contribution is 2.28. The molecule has 9 heteroatoms. The van der Waals surface area contributed by atoms with Gasteiger partial charge in [0.15, 0.2) is 5.96 Å². The molecule has 1 aromatic heterocycles. The van der Waals surface area contributed by atoms with Crippen molar-refractivity contribution >= 4 is 29.9 Å². The molecule has 0 saturated heterocycles. The van der Waals surface area contributed by atoms with Crippen LogP contribution in [0.5, 0.6) is 0 Å². The lowest BCUT2D eigenvalue weighted by Gasteiger charge is -2.12. The van der Waals surface area contributed by atoms with Gasteiger partial charge in [0.05, 0.1) is 11.8 Å². The monoisotopic (exact) mass is 481 g/mol. The topological polar surface area (TPSA) is 54.2 Å². The summed E-state index contributed by atoms with van der Waals surface area (Å²) in [5.74, 6) is 0.617. The smallest absolute Gasteiger partial charge is 0.356 e. The Balaban J connectivity index is 0.00000338. The Bertz CT molecular complexity index is 695. The summed E-state index contributed by atoms with van der Waals surface area (Å²) in [6.07, 6.45) is 1.36. The Kier molecular flexibility index (Phi) is 8.89. The van der Waals surface area contributed by atoms with Crippen molar-refractivity contribution < 1.29 is 13.2 Å². The lowest BCUT2D eigenvalue weighted by Crippen LogP contribution is -2.37. The van der Waals surface area contributed by atoms with E-state index in [2.05, 4.69) is 20.7 Å². The fraction of sp³-hybridized carbons (Fsp3) is 0.412. The lowest BCUT2D eigenvalue weighted by molar-refractivity contribution is -0.137. The van der Waals surface area contributed by atoms with Gasteiger partial charge in [-0.3, -0.25) is 9.67 Å². The highest BCUT2D eigenvalue weighted by atomic mass is 127. The number of alkyl halides is 3. The van der Waals surface area contributed by atoms with Crippen molar-refractivity contribution in [2.45, 2.75) is 25.6 Å². The van der Waals surface area contributed by atoms with Gasteiger partial charge in [0.1, 0.15) is 0 Å². The molecule has 0 unspecified atom stereocenters. The number of hydrogen-bond acceptors (Lipinski definition) is 2. The van der Waals surface area contributed by atoms with Crippen LogP contribution in [0.1, 0.15) is 23.1 Å². The first kappa shape index (κ1) is 22.3. The number of aliphatic imine (C=N–C) groups is 1.